The first-order chi connectivity index (χ1) is 17.5. The second kappa shape index (κ2) is 10.5. The van der Waals surface area contributed by atoms with E-state index in [4.69, 9.17) is 20.4 Å². The van der Waals surface area contributed by atoms with Crippen molar-refractivity contribution in [1.82, 2.24) is 30.2 Å². The number of hydrogen-bond donors (Lipinski definition) is 2. The molecule has 3 aromatic heterocycles. The van der Waals surface area contributed by atoms with E-state index in [2.05, 4.69) is 26.3 Å². The second-order valence-corrected chi connectivity index (χ2v) is 9.82. The number of ether oxygens (including phenoxy) is 1. The highest BCUT2D eigenvalue weighted by Gasteiger charge is 2.21. The van der Waals surface area contributed by atoms with Crippen LogP contribution in [0.1, 0.15) is 10.4 Å². The smallest absolute Gasteiger partial charge is 0.251 e. The van der Waals surface area contributed by atoms with E-state index in [1.165, 1.54) is 0 Å². The summed E-state index contributed by atoms with van der Waals surface area (Å²) >= 11 is 1.62. The van der Waals surface area contributed by atoms with Crippen LogP contribution in [0, 0.1) is 0 Å². The van der Waals surface area contributed by atoms with E-state index in [0.717, 1.165) is 46.1 Å². The normalized spacial score (nSPS) is 13.9. The maximum Gasteiger partial charge on any atom is 0.251 e. The van der Waals surface area contributed by atoms with Gasteiger partial charge in [0, 0.05) is 49.0 Å². The number of carbonyl (C=O) groups excluding carboxylic acids is 1. The number of nitrogens with two attached hydrogens (primary N) is 1. The predicted molar refractivity (Wildman–Crippen MR) is 142 cm³/mol. The first-order valence-electron chi connectivity index (χ1n) is 11.7. The van der Waals surface area contributed by atoms with Crippen LogP contribution in [0.2, 0.25) is 0 Å². The van der Waals surface area contributed by atoms with Crippen LogP contribution in [0.15, 0.2) is 42.7 Å². The Hall–Kier alpha value is -3.67. The number of fused-ring (bicyclic) bond motifs is 1. The summed E-state index contributed by atoms with van der Waals surface area (Å²) in [6.45, 7) is 4.17. The lowest BCUT2D eigenvalue weighted by Crippen LogP contribution is -2.36. The third-order valence-electron chi connectivity index (χ3n) is 5.85. The molecule has 0 unspecified atom stereocenters. The molecule has 0 bridgehead atoms. The molecule has 0 radical (unpaired) electrons. The van der Waals surface area contributed by atoms with Gasteiger partial charge in [-0.1, -0.05) is 12.1 Å². The number of nitrogen functional groups attached to an aromatic ring is 1. The highest BCUT2D eigenvalue weighted by Crippen LogP contribution is 2.39. The van der Waals surface area contributed by atoms with Gasteiger partial charge in [-0.3, -0.25) is 4.79 Å². The van der Waals surface area contributed by atoms with E-state index in [1.54, 1.807) is 23.7 Å². The van der Waals surface area contributed by atoms with Crippen LogP contribution in [0.5, 0.6) is 0 Å². The molecule has 1 aliphatic rings. The number of carbonyl (C=O) groups is 1. The van der Waals surface area contributed by atoms with E-state index >= 15 is 0 Å². The Kier molecular flexibility index (Phi) is 7.03. The zero-order chi connectivity index (χ0) is 25.1. The van der Waals surface area contributed by atoms with Crippen LogP contribution in [-0.4, -0.2) is 84.2 Å². The van der Waals surface area contributed by atoms with Crippen molar-refractivity contribution in [2.75, 3.05) is 64.1 Å². The fourth-order valence-corrected chi connectivity index (χ4v) is 5.05. The summed E-state index contributed by atoms with van der Waals surface area (Å²) < 4.78 is 6.55. The summed E-state index contributed by atoms with van der Waals surface area (Å²) in [7, 11) is 3.96. The highest BCUT2D eigenvalue weighted by atomic mass is 32.1. The molecule has 4 heterocycles. The molecule has 0 aliphatic carbocycles. The fraction of sp³-hybridized carbons (Fsp3) is 0.320. The van der Waals surface area contributed by atoms with Crippen molar-refractivity contribution in [3.63, 3.8) is 0 Å². The zero-order valence-electron chi connectivity index (χ0n) is 20.3. The average Bonchev–Trinajstić information content (AvgIpc) is 3.33. The third kappa shape index (κ3) is 5.27. The van der Waals surface area contributed by atoms with Gasteiger partial charge in [-0.25, -0.2) is 19.9 Å². The zero-order valence-corrected chi connectivity index (χ0v) is 21.1. The molecule has 0 saturated carbocycles. The van der Waals surface area contributed by atoms with Gasteiger partial charge >= 0.3 is 0 Å². The maximum absolute atomic E-state index is 12.7. The first kappa shape index (κ1) is 24.0. The van der Waals surface area contributed by atoms with Crippen LogP contribution < -0.4 is 16.0 Å². The molecule has 1 amide bonds. The van der Waals surface area contributed by atoms with Gasteiger partial charge < -0.3 is 25.6 Å². The van der Waals surface area contributed by atoms with E-state index in [-0.39, 0.29) is 11.9 Å². The lowest BCUT2D eigenvalue weighted by atomic mass is 10.1. The van der Waals surface area contributed by atoms with E-state index in [1.807, 2.05) is 43.3 Å². The number of anilines is 2. The van der Waals surface area contributed by atoms with E-state index < -0.39 is 0 Å². The Balaban J connectivity index is 1.52. The van der Waals surface area contributed by atoms with Crippen LogP contribution in [0.3, 0.4) is 0 Å². The highest BCUT2D eigenvalue weighted by molar-refractivity contribution is 7.22. The SMILES string of the molecule is CN(C)CCNC(=O)c1cccc(-c2cc3nc(-c4cnc(N)nc4)nc(N4CCOCC4)c3s2)c1. The molecule has 0 atom stereocenters. The van der Waals surface area contributed by atoms with E-state index in [0.29, 0.717) is 36.7 Å². The quantitative estimate of drug-likeness (QED) is 0.391. The summed E-state index contributed by atoms with van der Waals surface area (Å²) in [6, 6.07) is 9.73. The van der Waals surface area contributed by atoms with Crippen LogP contribution in [-0.2, 0) is 4.74 Å². The van der Waals surface area contributed by atoms with Crippen molar-refractivity contribution in [2.24, 2.45) is 0 Å². The van der Waals surface area contributed by atoms with Gasteiger partial charge in [-0.15, -0.1) is 11.3 Å². The molecule has 186 valence electrons. The molecule has 0 spiro atoms. The van der Waals surface area contributed by atoms with Crippen molar-refractivity contribution >= 4 is 39.2 Å². The van der Waals surface area contributed by atoms with Crippen molar-refractivity contribution in [2.45, 2.75) is 0 Å². The largest absolute Gasteiger partial charge is 0.378 e. The molecular weight excluding hydrogens is 476 g/mol. The molecule has 1 saturated heterocycles. The number of rotatable bonds is 7. The first-order valence-corrected chi connectivity index (χ1v) is 12.5. The molecule has 4 aromatic rings. The van der Waals surface area contributed by atoms with E-state index in [9.17, 15) is 4.79 Å². The predicted octanol–water partition coefficient (Wildman–Crippen LogP) is 2.53. The van der Waals surface area contributed by atoms with Gasteiger partial charge in [0.2, 0.25) is 5.95 Å². The number of likely N-dealkylation sites (N-methyl/N-ethyl adjacent to an activating group) is 1. The van der Waals surface area contributed by atoms with Crippen LogP contribution in [0.25, 0.3) is 32.0 Å². The number of morpholine rings is 1. The number of hydrogen-bond acceptors (Lipinski definition) is 10. The number of nitrogens with one attached hydrogen (secondary N) is 1. The van der Waals surface area contributed by atoms with Crippen LogP contribution in [0.4, 0.5) is 11.8 Å². The molecule has 10 nitrogen and oxygen atoms in total. The Morgan fingerprint density at radius 3 is 2.67 bits per heavy atom. The number of aromatic nitrogens is 4. The van der Waals surface area contributed by atoms with Gasteiger partial charge in [0.15, 0.2) is 11.6 Å². The lowest BCUT2D eigenvalue weighted by Gasteiger charge is -2.28. The Morgan fingerprint density at radius 1 is 1.14 bits per heavy atom. The summed E-state index contributed by atoms with van der Waals surface area (Å²) in [4.78, 5) is 35.9. The van der Waals surface area contributed by atoms with Gasteiger partial charge in [-0.05, 0) is 37.9 Å². The Labute approximate surface area is 213 Å². The average molecular weight is 505 g/mol. The van der Waals surface area contributed by atoms with Crippen molar-refractivity contribution in [3.05, 3.63) is 48.3 Å². The summed E-state index contributed by atoms with van der Waals surface area (Å²) in [6.07, 6.45) is 3.27. The molecule has 1 aliphatic heterocycles. The molecular formula is C25H28N8O2S. The molecule has 11 heteroatoms. The minimum atomic E-state index is -0.0840. The van der Waals surface area contributed by atoms with Crippen molar-refractivity contribution < 1.29 is 9.53 Å². The fourth-order valence-electron chi connectivity index (χ4n) is 3.94. The number of benzene rings is 1. The lowest BCUT2D eigenvalue weighted by molar-refractivity contribution is 0.0951. The van der Waals surface area contributed by atoms with Crippen molar-refractivity contribution in [3.8, 4) is 21.8 Å². The van der Waals surface area contributed by atoms with Gasteiger partial charge in [0.1, 0.15) is 0 Å². The Bertz CT molecular complexity index is 1370. The van der Waals surface area contributed by atoms with Gasteiger partial charge in [-0.2, -0.15) is 0 Å². The van der Waals surface area contributed by atoms with Gasteiger partial charge in [0.05, 0.1) is 29.0 Å². The summed E-state index contributed by atoms with van der Waals surface area (Å²) in [5.41, 5.74) is 8.79. The van der Waals surface area contributed by atoms with Gasteiger partial charge in [0.25, 0.3) is 5.91 Å². The number of nitrogens with zero attached hydrogens (tertiary/aromatic N) is 6. The molecule has 3 N–H and O–H groups in total. The number of amides is 1. The number of thiophene rings is 1. The monoisotopic (exact) mass is 504 g/mol. The summed E-state index contributed by atoms with van der Waals surface area (Å²) in [5.74, 6) is 1.53. The molecule has 1 fully saturated rings. The minimum absolute atomic E-state index is 0.0840. The topological polar surface area (TPSA) is 122 Å². The van der Waals surface area contributed by atoms with Crippen LogP contribution >= 0.6 is 11.3 Å². The second-order valence-electron chi connectivity index (χ2n) is 8.77. The molecule has 5 rings (SSSR count). The Morgan fingerprint density at radius 2 is 1.92 bits per heavy atom. The van der Waals surface area contributed by atoms with Crippen molar-refractivity contribution in [1.29, 1.82) is 0 Å². The minimum Gasteiger partial charge on any atom is -0.378 e. The standard InChI is InChI=1S/C25H28N8O2S/c1-32(2)7-6-27-24(34)17-5-3-4-16(12-17)20-13-19-21(36-20)23(33-8-10-35-11-9-33)31-22(30-19)18-14-28-25(26)29-15-18/h3-5,12-15H,6-11H2,1-2H3,(H,27,34)(H2,26,28,29). The molecule has 36 heavy (non-hydrogen) atoms. The third-order valence-corrected chi connectivity index (χ3v) is 7.02. The molecule has 1 aromatic carbocycles. The summed E-state index contributed by atoms with van der Waals surface area (Å²) in [5, 5.41) is 2.98. The maximum atomic E-state index is 12.7.